The van der Waals surface area contributed by atoms with E-state index in [1.165, 1.54) is 12.0 Å². The lowest BCUT2D eigenvalue weighted by molar-refractivity contribution is 0.129. The Morgan fingerprint density at radius 2 is 1.81 bits per heavy atom. The molecule has 0 heterocycles. The number of benzene rings is 1. The third-order valence-electron chi connectivity index (χ3n) is 2.93. The Hall–Kier alpha value is -0.860. The number of aryl methyl sites for hydroxylation is 1. The van der Waals surface area contributed by atoms with Gasteiger partial charge in [-0.2, -0.15) is 0 Å². The maximum atomic E-state index is 10.0. The van der Waals surface area contributed by atoms with E-state index in [9.17, 15) is 5.11 Å². The van der Waals surface area contributed by atoms with E-state index in [4.69, 9.17) is 0 Å². The minimum Gasteiger partial charge on any atom is -0.387 e. The minimum atomic E-state index is -0.374. The predicted molar refractivity (Wildman–Crippen MR) is 68.6 cm³/mol. The zero-order chi connectivity index (χ0) is 12.0. The molecule has 0 aliphatic carbocycles. The van der Waals surface area contributed by atoms with Gasteiger partial charge in [-0.25, -0.2) is 0 Å². The molecule has 0 saturated carbocycles. The van der Waals surface area contributed by atoms with E-state index in [-0.39, 0.29) is 6.10 Å². The van der Waals surface area contributed by atoms with E-state index in [1.807, 2.05) is 19.2 Å². The zero-order valence-corrected chi connectivity index (χ0v) is 10.6. The van der Waals surface area contributed by atoms with Crippen LogP contribution in [0.2, 0.25) is 0 Å². The summed E-state index contributed by atoms with van der Waals surface area (Å²) in [5.41, 5.74) is 2.36. The highest BCUT2D eigenvalue weighted by molar-refractivity contribution is 5.24. The van der Waals surface area contributed by atoms with Crippen LogP contribution < -0.4 is 0 Å². The van der Waals surface area contributed by atoms with Crippen LogP contribution in [-0.4, -0.2) is 30.1 Å². The SMILES string of the molecule is CCCc1ccc(C(O)CN(C)CC)cc1. The molecule has 0 fully saturated rings. The lowest BCUT2D eigenvalue weighted by Crippen LogP contribution is -2.24. The van der Waals surface area contributed by atoms with E-state index in [0.717, 1.165) is 18.5 Å². The normalized spacial score (nSPS) is 13.1. The summed E-state index contributed by atoms with van der Waals surface area (Å²) >= 11 is 0. The molecule has 1 N–H and O–H groups in total. The summed E-state index contributed by atoms with van der Waals surface area (Å²) in [5, 5.41) is 10.0. The summed E-state index contributed by atoms with van der Waals surface area (Å²) in [6, 6.07) is 8.32. The van der Waals surface area contributed by atoms with Crippen LogP contribution in [0.5, 0.6) is 0 Å². The van der Waals surface area contributed by atoms with Gasteiger partial charge in [-0.15, -0.1) is 0 Å². The number of aliphatic hydroxyl groups is 1. The fourth-order valence-corrected chi connectivity index (χ4v) is 1.72. The van der Waals surface area contributed by atoms with Gasteiger partial charge >= 0.3 is 0 Å². The first kappa shape index (κ1) is 13.2. The van der Waals surface area contributed by atoms with Crippen molar-refractivity contribution >= 4 is 0 Å². The van der Waals surface area contributed by atoms with E-state index in [1.54, 1.807) is 0 Å². The molecule has 1 rings (SSSR count). The average Bonchev–Trinajstić information content (AvgIpc) is 2.30. The molecule has 1 unspecified atom stereocenters. The highest BCUT2D eigenvalue weighted by atomic mass is 16.3. The molecule has 2 nitrogen and oxygen atoms in total. The summed E-state index contributed by atoms with van der Waals surface area (Å²) in [6.45, 7) is 5.94. The molecule has 0 aromatic heterocycles. The lowest BCUT2D eigenvalue weighted by Gasteiger charge is -2.19. The van der Waals surface area contributed by atoms with Crippen LogP contribution in [0.25, 0.3) is 0 Å². The maximum absolute atomic E-state index is 10.0. The Bertz CT molecular complexity index is 294. The molecule has 2 heteroatoms. The standard InChI is InChI=1S/C14H23NO/c1-4-6-12-7-9-13(10-8-12)14(16)11-15(3)5-2/h7-10,14,16H,4-6,11H2,1-3H3. The second-order valence-electron chi connectivity index (χ2n) is 4.36. The van der Waals surface area contributed by atoms with Gasteiger partial charge in [0.15, 0.2) is 0 Å². The summed E-state index contributed by atoms with van der Waals surface area (Å²) in [4.78, 5) is 2.12. The third kappa shape index (κ3) is 3.95. The van der Waals surface area contributed by atoms with Gasteiger partial charge in [0.2, 0.25) is 0 Å². The highest BCUT2D eigenvalue weighted by Crippen LogP contribution is 2.15. The fraction of sp³-hybridized carbons (Fsp3) is 0.571. The Morgan fingerprint density at radius 1 is 1.19 bits per heavy atom. The number of likely N-dealkylation sites (N-methyl/N-ethyl adjacent to an activating group) is 1. The summed E-state index contributed by atoms with van der Waals surface area (Å²) in [6.07, 6.45) is 1.91. The van der Waals surface area contributed by atoms with Crippen molar-refractivity contribution in [1.29, 1.82) is 0 Å². The number of aliphatic hydroxyl groups excluding tert-OH is 1. The van der Waals surface area contributed by atoms with Crippen LogP contribution in [0.3, 0.4) is 0 Å². The van der Waals surface area contributed by atoms with Crippen molar-refractivity contribution in [3.05, 3.63) is 35.4 Å². The van der Waals surface area contributed by atoms with Crippen LogP contribution >= 0.6 is 0 Å². The molecular formula is C14H23NO. The molecule has 1 aromatic carbocycles. The molecular weight excluding hydrogens is 198 g/mol. The quantitative estimate of drug-likeness (QED) is 0.798. The van der Waals surface area contributed by atoms with Crippen molar-refractivity contribution in [3.8, 4) is 0 Å². The summed E-state index contributed by atoms with van der Waals surface area (Å²) < 4.78 is 0. The van der Waals surface area contributed by atoms with Gasteiger partial charge in [0.05, 0.1) is 6.10 Å². The van der Waals surface area contributed by atoms with Crippen LogP contribution in [-0.2, 0) is 6.42 Å². The van der Waals surface area contributed by atoms with Gasteiger partial charge in [0.25, 0.3) is 0 Å². The molecule has 90 valence electrons. The van der Waals surface area contributed by atoms with Crippen molar-refractivity contribution in [2.45, 2.75) is 32.8 Å². The third-order valence-corrected chi connectivity index (χ3v) is 2.93. The Labute approximate surface area is 98.9 Å². The molecule has 0 amide bonds. The van der Waals surface area contributed by atoms with Crippen molar-refractivity contribution in [3.63, 3.8) is 0 Å². The second kappa shape index (κ2) is 6.66. The molecule has 1 aromatic rings. The van der Waals surface area contributed by atoms with Crippen LogP contribution in [0.4, 0.5) is 0 Å². The Balaban J connectivity index is 2.59. The predicted octanol–water partition coefficient (Wildman–Crippen LogP) is 2.62. The lowest BCUT2D eigenvalue weighted by atomic mass is 10.0. The molecule has 0 spiro atoms. The molecule has 0 aliphatic rings. The largest absolute Gasteiger partial charge is 0.387 e. The summed E-state index contributed by atoms with van der Waals surface area (Å²) in [7, 11) is 2.02. The number of rotatable bonds is 6. The van der Waals surface area contributed by atoms with Crippen molar-refractivity contribution in [1.82, 2.24) is 4.90 Å². The average molecular weight is 221 g/mol. The van der Waals surface area contributed by atoms with Gasteiger partial charge < -0.3 is 10.0 Å². The molecule has 0 bridgehead atoms. The first-order valence-electron chi connectivity index (χ1n) is 6.12. The number of nitrogens with zero attached hydrogens (tertiary/aromatic N) is 1. The monoisotopic (exact) mass is 221 g/mol. The van der Waals surface area contributed by atoms with Crippen LogP contribution in [0.15, 0.2) is 24.3 Å². The van der Waals surface area contributed by atoms with E-state index in [2.05, 4.69) is 30.9 Å². The maximum Gasteiger partial charge on any atom is 0.0916 e. The van der Waals surface area contributed by atoms with Crippen molar-refractivity contribution < 1.29 is 5.11 Å². The molecule has 0 aliphatic heterocycles. The van der Waals surface area contributed by atoms with Gasteiger partial charge in [-0.1, -0.05) is 44.5 Å². The molecule has 16 heavy (non-hydrogen) atoms. The first-order valence-corrected chi connectivity index (χ1v) is 6.12. The van der Waals surface area contributed by atoms with Gasteiger partial charge in [-0.05, 0) is 31.1 Å². The smallest absolute Gasteiger partial charge is 0.0916 e. The molecule has 0 saturated heterocycles. The Morgan fingerprint density at radius 3 is 2.31 bits per heavy atom. The highest BCUT2D eigenvalue weighted by Gasteiger charge is 2.09. The topological polar surface area (TPSA) is 23.5 Å². The Kier molecular flexibility index (Phi) is 5.50. The number of hydrogen-bond donors (Lipinski definition) is 1. The van der Waals surface area contributed by atoms with Crippen LogP contribution in [0, 0.1) is 0 Å². The number of hydrogen-bond acceptors (Lipinski definition) is 2. The van der Waals surface area contributed by atoms with Gasteiger partial charge in [0, 0.05) is 6.54 Å². The van der Waals surface area contributed by atoms with Crippen molar-refractivity contribution in [2.24, 2.45) is 0 Å². The van der Waals surface area contributed by atoms with E-state index in [0.29, 0.717) is 6.54 Å². The first-order chi connectivity index (χ1) is 7.67. The molecule has 1 atom stereocenters. The van der Waals surface area contributed by atoms with Gasteiger partial charge in [0.1, 0.15) is 0 Å². The van der Waals surface area contributed by atoms with Crippen LogP contribution in [0.1, 0.15) is 37.5 Å². The second-order valence-corrected chi connectivity index (χ2v) is 4.36. The van der Waals surface area contributed by atoms with Crippen molar-refractivity contribution in [2.75, 3.05) is 20.1 Å². The zero-order valence-electron chi connectivity index (χ0n) is 10.6. The fourth-order valence-electron chi connectivity index (χ4n) is 1.72. The molecule has 0 radical (unpaired) electrons. The van der Waals surface area contributed by atoms with Gasteiger partial charge in [-0.3, -0.25) is 0 Å². The van der Waals surface area contributed by atoms with E-state index >= 15 is 0 Å². The summed E-state index contributed by atoms with van der Waals surface area (Å²) in [5.74, 6) is 0. The minimum absolute atomic E-state index is 0.374. The van der Waals surface area contributed by atoms with E-state index < -0.39 is 0 Å².